The fourth-order valence-electron chi connectivity index (χ4n) is 1.32. The maximum Gasteiger partial charge on any atom is 0.222 e. The Hall–Kier alpha value is -0.120. The van der Waals surface area contributed by atoms with Gasteiger partial charge in [0.2, 0.25) is 5.91 Å². The summed E-state index contributed by atoms with van der Waals surface area (Å²) in [5, 5.41) is 21.1. The number of rotatable bonds is 9. The molecular weight excluding hydrogens is 178 g/mol. The van der Waals surface area contributed by atoms with Crippen LogP contribution in [0.5, 0.6) is 0 Å². The van der Waals surface area contributed by atoms with Crippen LogP contribution in [-0.2, 0) is 0 Å². The summed E-state index contributed by atoms with van der Waals surface area (Å²) in [7, 11) is 0. The molecule has 0 aromatic heterocycles. The van der Waals surface area contributed by atoms with Crippen molar-refractivity contribution in [1.82, 2.24) is 5.32 Å². The highest BCUT2D eigenvalue weighted by Crippen LogP contribution is 2.05. The molecule has 0 saturated carbocycles. The van der Waals surface area contributed by atoms with Crippen molar-refractivity contribution in [2.45, 2.75) is 64.7 Å². The Morgan fingerprint density at radius 2 is 1.50 bits per heavy atom. The van der Waals surface area contributed by atoms with Gasteiger partial charge in [-0.05, 0) is 6.42 Å². The molecule has 0 aliphatic rings. The van der Waals surface area contributed by atoms with Crippen molar-refractivity contribution < 1.29 is 10.2 Å². The summed E-state index contributed by atoms with van der Waals surface area (Å²) >= 11 is 0. The van der Waals surface area contributed by atoms with Crippen molar-refractivity contribution in [3.8, 4) is 0 Å². The molecule has 0 bridgehead atoms. The highest BCUT2D eigenvalue weighted by atomic mass is 16.5. The van der Waals surface area contributed by atoms with Crippen LogP contribution < -0.4 is 5.32 Å². The molecule has 3 nitrogen and oxygen atoms in total. The molecule has 0 aliphatic heterocycles. The van der Waals surface area contributed by atoms with Gasteiger partial charge in [0.25, 0.3) is 0 Å². The first-order valence-corrected chi connectivity index (χ1v) is 5.82. The first-order valence-electron chi connectivity index (χ1n) is 5.82. The topological polar surface area (TPSA) is 52.5 Å². The number of nitrogens with one attached hydrogen (secondary N) is 1. The smallest absolute Gasteiger partial charge is 0.222 e. The number of unbranched alkanes of at least 4 members (excludes halogenated alkanes) is 5. The van der Waals surface area contributed by atoms with Crippen LogP contribution in [-0.4, -0.2) is 22.7 Å². The highest BCUT2D eigenvalue weighted by molar-refractivity contribution is 4.58. The fourth-order valence-corrected chi connectivity index (χ4v) is 1.32. The monoisotopic (exact) mass is 203 g/mol. The molecule has 0 radical (unpaired) electrons. The van der Waals surface area contributed by atoms with Gasteiger partial charge in [0, 0.05) is 13.0 Å². The van der Waals surface area contributed by atoms with Gasteiger partial charge in [-0.25, -0.2) is 0 Å². The zero-order chi connectivity index (χ0) is 10.9. The second-order valence-electron chi connectivity index (χ2n) is 3.86. The molecule has 0 fully saturated rings. The highest BCUT2D eigenvalue weighted by Gasteiger charge is 2.17. The summed E-state index contributed by atoms with van der Waals surface area (Å²) in [6, 6.07) is 0. The van der Waals surface area contributed by atoms with Crippen LogP contribution in [0.25, 0.3) is 0 Å². The van der Waals surface area contributed by atoms with E-state index >= 15 is 0 Å². The predicted molar refractivity (Wildman–Crippen MR) is 58.8 cm³/mol. The third kappa shape index (κ3) is 8.48. The summed E-state index contributed by atoms with van der Waals surface area (Å²) in [5.74, 6) is -1.66. The summed E-state index contributed by atoms with van der Waals surface area (Å²) in [4.78, 5) is 0. The molecule has 86 valence electrons. The lowest BCUT2D eigenvalue weighted by molar-refractivity contribution is -0.186. The van der Waals surface area contributed by atoms with Crippen LogP contribution in [0.15, 0.2) is 0 Å². The molecule has 0 aromatic carbocycles. The Kier molecular flexibility index (Phi) is 8.14. The minimum absolute atomic E-state index is 0.322. The van der Waals surface area contributed by atoms with Crippen molar-refractivity contribution in [3.05, 3.63) is 0 Å². The lowest BCUT2D eigenvalue weighted by atomic mass is 10.1. The second-order valence-corrected chi connectivity index (χ2v) is 3.86. The van der Waals surface area contributed by atoms with E-state index in [4.69, 9.17) is 0 Å². The van der Waals surface area contributed by atoms with E-state index in [9.17, 15) is 10.2 Å². The number of aliphatic hydroxyl groups is 2. The SMILES string of the molecule is CCCCCCCCNC(O)(O)CC. The summed E-state index contributed by atoms with van der Waals surface area (Å²) < 4.78 is 0. The van der Waals surface area contributed by atoms with E-state index in [1.165, 1.54) is 32.1 Å². The van der Waals surface area contributed by atoms with Gasteiger partial charge in [0.15, 0.2) is 0 Å². The Morgan fingerprint density at radius 3 is 2.07 bits per heavy atom. The van der Waals surface area contributed by atoms with Gasteiger partial charge in [0.1, 0.15) is 0 Å². The van der Waals surface area contributed by atoms with Crippen molar-refractivity contribution in [2.75, 3.05) is 6.54 Å². The lowest BCUT2D eigenvalue weighted by Crippen LogP contribution is -2.44. The molecule has 0 amide bonds. The average molecular weight is 203 g/mol. The Labute approximate surface area is 87.5 Å². The molecule has 14 heavy (non-hydrogen) atoms. The van der Waals surface area contributed by atoms with Crippen molar-refractivity contribution in [1.29, 1.82) is 0 Å². The van der Waals surface area contributed by atoms with Gasteiger partial charge >= 0.3 is 0 Å². The molecule has 0 aromatic rings. The first-order chi connectivity index (χ1) is 6.62. The standard InChI is InChI=1S/C11H25NO2/c1-3-5-6-7-8-9-10-12-11(13,14)4-2/h12-14H,3-10H2,1-2H3. The average Bonchev–Trinajstić information content (AvgIpc) is 2.16. The van der Waals surface area contributed by atoms with Crippen LogP contribution >= 0.6 is 0 Å². The van der Waals surface area contributed by atoms with Crippen molar-refractivity contribution >= 4 is 0 Å². The zero-order valence-electron chi connectivity index (χ0n) is 9.55. The molecule has 3 N–H and O–H groups in total. The zero-order valence-corrected chi connectivity index (χ0v) is 9.55. The quantitative estimate of drug-likeness (QED) is 0.397. The summed E-state index contributed by atoms with van der Waals surface area (Å²) in [6.45, 7) is 4.63. The predicted octanol–water partition coefficient (Wildman–Crippen LogP) is 1.98. The van der Waals surface area contributed by atoms with Crippen LogP contribution in [0.4, 0.5) is 0 Å². The maximum absolute atomic E-state index is 9.21. The molecule has 0 heterocycles. The molecule has 0 rings (SSSR count). The minimum atomic E-state index is -1.66. The van der Waals surface area contributed by atoms with Crippen molar-refractivity contribution in [3.63, 3.8) is 0 Å². The van der Waals surface area contributed by atoms with Gasteiger partial charge < -0.3 is 10.2 Å². The third-order valence-electron chi connectivity index (χ3n) is 2.43. The normalized spacial score (nSPS) is 12.0. The number of hydrogen-bond acceptors (Lipinski definition) is 3. The van der Waals surface area contributed by atoms with E-state index in [1.54, 1.807) is 6.92 Å². The van der Waals surface area contributed by atoms with Gasteiger partial charge in [-0.1, -0.05) is 46.0 Å². The molecular formula is C11H25NO2. The van der Waals surface area contributed by atoms with Gasteiger partial charge in [-0.2, -0.15) is 0 Å². The molecule has 0 saturated heterocycles. The Morgan fingerprint density at radius 1 is 0.929 bits per heavy atom. The van der Waals surface area contributed by atoms with Crippen molar-refractivity contribution in [2.24, 2.45) is 0 Å². The third-order valence-corrected chi connectivity index (χ3v) is 2.43. The minimum Gasteiger partial charge on any atom is -0.353 e. The van der Waals surface area contributed by atoms with Crippen LogP contribution in [0, 0.1) is 0 Å². The maximum atomic E-state index is 9.21. The van der Waals surface area contributed by atoms with Crippen LogP contribution in [0.3, 0.4) is 0 Å². The molecule has 0 aliphatic carbocycles. The van der Waals surface area contributed by atoms with E-state index in [2.05, 4.69) is 12.2 Å². The van der Waals surface area contributed by atoms with Gasteiger partial charge in [0.05, 0.1) is 0 Å². The van der Waals surface area contributed by atoms with Gasteiger partial charge in [-0.3, -0.25) is 5.32 Å². The number of hydrogen-bond donors (Lipinski definition) is 3. The van der Waals surface area contributed by atoms with E-state index in [-0.39, 0.29) is 0 Å². The van der Waals surface area contributed by atoms with Crippen LogP contribution in [0.2, 0.25) is 0 Å². The molecule has 0 unspecified atom stereocenters. The van der Waals surface area contributed by atoms with E-state index in [0.717, 1.165) is 6.42 Å². The molecule has 0 spiro atoms. The van der Waals surface area contributed by atoms with E-state index in [0.29, 0.717) is 13.0 Å². The summed E-state index contributed by atoms with van der Waals surface area (Å²) in [6.07, 6.45) is 7.65. The van der Waals surface area contributed by atoms with E-state index < -0.39 is 5.91 Å². The second kappa shape index (κ2) is 8.21. The molecule has 3 heteroatoms. The molecule has 0 atom stereocenters. The lowest BCUT2D eigenvalue weighted by Gasteiger charge is -2.20. The van der Waals surface area contributed by atoms with E-state index in [1.807, 2.05) is 0 Å². The summed E-state index contributed by atoms with van der Waals surface area (Å²) in [5.41, 5.74) is 0. The fraction of sp³-hybridized carbons (Fsp3) is 1.00. The van der Waals surface area contributed by atoms with Crippen LogP contribution in [0.1, 0.15) is 58.8 Å². The Bertz CT molecular complexity index is 126. The first kappa shape index (κ1) is 13.9. The largest absolute Gasteiger partial charge is 0.353 e. The Balaban J connectivity index is 3.13. The van der Waals surface area contributed by atoms with Gasteiger partial charge in [-0.15, -0.1) is 0 Å².